The Labute approximate surface area is 69.8 Å². The number of piperidine rings is 1. The topological polar surface area (TPSA) is 3.24 Å². The van der Waals surface area contributed by atoms with Crippen LogP contribution in [0, 0.1) is 17.8 Å². The van der Waals surface area contributed by atoms with Crippen LogP contribution in [0.2, 0.25) is 0 Å². The van der Waals surface area contributed by atoms with Gasteiger partial charge < -0.3 is 4.90 Å². The fourth-order valence-corrected chi connectivity index (χ4v) is 1.60. The van der Waals surface area contributed by atoms with Crippen molar-refractivity contribution in [2.24, 2.45) is 5.92 Å². The van der Waals surface area contributed by atoms with Crippen LogP contribution in [0.15, 0.2) is 0 Å². The molecule has 62 valence electrons. The largest absolute Gasteiger partial charge is 0.304 e. The first-order valence-corrected chi connectivity index (χ1v) is 4.51. The first kappa shape index (κ1) is 8.62. The van der Waals surface area contributed by atoms with Crippen molar-refractivity contribution >= 4 is 0 Å². The van der Waals surface area contributed by atoms with Crippen molar-refractivity contribution in [1.82, 2.24) is 4.90 Å². The lowest BCUT2D eigenvalue weighted by atomic mass is 9.98. The van der Waals surface area contributed by atoms with E-state index in [-0.39, 0.29) is 0 Å². The van der Waals surface area contributed by atoms with Crippen LogP contribution in [0.1, 0.15) is 26.7 Å². The van der Waals surface area contributed by atoms with Gasteiger partial charge in [-0.3, -0.25) is 0 Å². The molecule has 1 aliphatic rings. The van der Waals surface area contributed by atoms with Crippen molar-refractivity contribution in [3.8, 4) is 11.8 Å². The van der Waals surface area contributed by atoms with Crippen LogP contribution >= 0.6 is 0 Å². The molecule has 0 saturated carbocycles. The zero-order valence-electron chi connectivity index (χ0n) is 7.56. The molecule has 1 nitrogen and oxygen atoms in total. The second-order valence-electron chi connectivity index (χ2n) is 3.10. The summed E-state index contributed by atoms with van der Waals surface area (Å²) in [5.41, 5.74) is 0. The van der Waals surface area contributed by atoms with Gasteiger partial charge in [-0.15, -0.1) is 11.8 Å². The Morgan fingerprint density at radius 1 is 1.36 bits per heavy atom. The zero-order chi connectivity index (χ0) is 8.10. The van der Waals surface area contributed by atoms with Crippen LogP contribution < -0.4 is 0 Å². The summed E-state index contributed by atoms with van der Waals surface area (Å²) in [7, 11) is 0. The van der Waals surface area contributed by atoms with E-state index in [2.05, 4.69) is 23.7 Å². The molecule has 0 spiro atoms. The van der Waals surface area contributed by atoms with E-state index in [9.17, 15) is 0 Å². The number of hydrogen-bond acceptors (Lipinski definition) is 1. The molecule has 1 rings (SSSR count). The Morgan fingerprint density at radius 3 is 2.45 bits per heavy atom. The Kier molecular flexibility index (Phi) is 3.45. The molecule has 0 radical (unpaired) electrons. The highest BCUT2D eigenvalue weighted by Gasteiger charge is 2.15. The molecule has 1 heteroatoms. The third kappa shape index (κ3) is 2.55. The van der Waals surface area contributed by atoms with Gasteiger partial charge in [0.2, 0.25) is 0 Å². The lowest BCUT2D eigenvalue weighted by molar-refractivity contribution is 0.216. The predicted molar refractivity (Wildman–Crippen MR) is 48.3 cm³/mol. The van der Waals surface area contributed by atoms with Crippen molar-refractivity contribution in [2.45, 2.75) is 26.7 Å². The Balaban J connectivity index is 2.28. The molecule has 11 heavy (non-hydrogen) atoms. The van der Waals surface area contributed by atoms with E-state index < -0.39 is 0 Å². The summed E-state index contributed by atoms with van der Waals surface area (Å²) >= 11 is 0. The first-order chi connectivity index (χ1) is 5.36. The van der Waals surface area contributed by atoms with Gasteiger partial charge in [-0.1, -0.05) is 6.92 Å². The normalized spacial score (nSPS) is 20.9. The third-order valence-electron chi connectivity index (χ3n) is 2.38. The minimum Gasteiger partial charge on any atom is -0.304 e. The minimum absolute atomic E-state index is 0.683. The molecule has 0 aromatic carbocycles. The van der Waals surface area contributed by atoms with E-state index in [1.807, 2.05) is 6.92 Å². The van der Waals surface area contributed by atoms with Gasteiger partial charge in [0, 0.05) is 5.92 Å². The van der Waals surface area contributed by atoms with Crippen LogP contribution in [0.5, 0.6) is 0 Å². The van der Waals surface area contributed by atoms with Crippen LogP contribution in [0.3, 0.4) is 0 Å². The Morgan fingerprint density at radius 2 is 2.00 bits per heavy atom. The smallest absolute Gasteiger partial charge is 0.0227 e. The summed E-state index contributed by atoms with van der Waals surface area (Å²) in [5.74, 6) is 6.94. The summed E-state index contributed by atoms with van der Waals surface area (Å²) in [6, 6.07) is 0. The van der Waals surface area contributed by atoms with Crippen LogP contribution in [-0.4, -0.2) is 24.5 Å². The number of nitrogens with zero attached hydrogens (tertiary/aromatic N) is 1. The molecule has 1 saturated heterocycles. The molecule has 0 bridgehead atoms. The van der Waals surface area contributed by atoms with Gasteiger partial charge in [0.05, 0.1) is 0 Å². The fraction of sp³-hybridized carbons (Fsp3) is 0.800. The highest BCUT2D eigenvalue weighted by atomic mass is 15.1. The Hall–Kier alpha value is -0.480. The van der Waals surface area contributed by atoms with Gasteiger partial charge in [0.1, 0.15) is 0 Å². The minimum atomic E-state index is 0.683. The van der Waals surface area contributed by atoms with Crippen molar-refractivity contribution in [1.29, 1.82) is 0 Å². The van der Waals surface area contributed by atoms with Gasteiger partial charge >= 0.3 is 0 Å². The van der Waals surface area contributed by atoms with Gasteiger partial charge in [0.15, 0.2) is 0 Å². The number of likely N-dealkylation sites (tertiary alicyclic amines) is 1. The quantitative estimate of drug-likeness (QED) is 0.516. The van der Waals surface area contributed by atoms with Gasteiger partial charge in [-0.05, 0) is 39.4 Å². The highest BCUT2D eigenvalue weighted by Crippen LogP contribution is 2.15. The summed E-state index contributed by atoms with van der Waals surface area (Å²) in [5, 5.41) is 0. The molecule has 0 N–H and O–H groups in total. The van der Waals surface area contributed by atoms with Crippen molar-refractivity contribution in [2.75, 3.05) is 19.6 Å². The number of hydrogen-bond donors (Lipinski definition) is 0. The maximum absolute atomic E-state index is 3.25. The molecular formula is C10H17N. The Bertz CT molecular complexity index is 155. The van der Waals surface area contributed by atoms with E-state index in [1.54, 1.807) is 0 Å². The molecule has 0 aromatic heterocycles. The SMILES string of the molecule is CC#CC1CCN(CC)CC1. The van der Waals surface area contributed by atoms with Gasteiger partial charge in [-0.25, -0.2) is 0 Å². The lowest BCUT2D eigenvalue weighted by Crippen LogP contribution is -2.32. The second-order valence-corrected chi connectivity index (χ2v) is 3.10. The summed E-state index contributed by atoms with van der Waals surface area (Å²) in [4.78, 5) is 2.49. The number of rotatable bonds is 1. The van der Waals surface area contributed by atoms with Crippen molar-refractivity contribution < 1.29 is 0 Å². The highest BCUT2D eigenvalue weighted by molar-refractivity contribution is 5.02. The molecule has 0 aromatic rings. The molecule has 1 fully saturated rings. The standard InChI is InChI=1S/C10H17N/c1-3-5-10-6-8-11(4-2)9-7-10/h10H,4,6-9H2,1-2H3. The molecule has 0 atom stereocenters. The van der Waals surface area contributed by atoms with Crippen molar-refractivity contribution in [3.05, 3.63) is 0 Å². The maximum atomic E-state index is 3.25. The van der Waals surface area contributed by atoms with Gasteiger partial charge in [0.25, 0.3) is 0 Å². The average molecular weight is 151 g/mol. The molecule has 1 aliphatic heterocycles. The average Bonchev–Trinajstić information content (AvgIpc) is 2.07. The molecular weight excluding hydrogens is 134 g/mol. The molecule has 1 heterocycles. The van der Waals surface area contributed by atoms with Crippen LogP contribution in [-0.2, 0) is 0 Å². The summed E-state index contributed by atoms with van der Waals surface area (Å²) < 4.78 is 0. The summed E-state index contributed by atoms with van der Waals surface area (Å²) in [6.45, 7) is 7.86. The van der Waals surface area contributed by atoms with Crippen molar-refractivity contribution in [3.63, 3.8) is 0 Å². The summed E-state index contributed by atoms with van der Waals surface area (Å²) in [6.07, 6.45) is 2.54. The second kappa shape index (κ2) is 4.41. The molecule has 0 unspecified atom stereocenters. The monoisotopic (exact) mass is 151 g/mol. The van der Waals surface area contributed by atoms with Crippen LogP contribution in [0.4, 0.5) is 0 Å². The fourth-order valence-electron chi connectivity index (χ4n) is 1.60. The van der Waals surface area contributed by atoms with E-state index in [0.29, 0.717) is 5.92 Å². The van der Waals surface area contributed by atoms with Crippen LogP contribution in [0.25, 0.3) is 0 Å². The third-order valence-corrected chi connectivity index (χ3v) is 2.38. The predicted octanol–water partition coefficient (Wildman–Crippen LogP) is 1.74. The zero-order valence-corrected chi connectivity index (χ0v) is 7.56. The molecule has 0 aliphatic carbocycles. The first-order valence-electron chi connectivity index (χ1n) is 4.51. The maximum Gasteiger partial charge on any atom is 0.0227 e. The van der Waals surface area contributed by atoms with Gasteiger partial charge in [-0.2, -0.15) is 0 Å². The lowest BCUT2D eigenvalue weighted by Gasteiger charge is -2.28. The van der Waals surface area contributed by atoms with E-state index in [4.69, 9.17) is 0 Å². The van der Waals surface area contributed by atoms with E-state index in [1.165, 1.54) is 32.5 Å². The molecule has 0 amide bonds. The van der Waals surface area contributed by atoms with E-state index >= 15 is 0 Å². The van der Waals surface area contributed by atoms with E-state index in [0.717, 1.165) is 0 Å².